The minimum absolute atomic E-state index is 0.0400. The zero-order valence-electron chi connectivity index (χ0n) is 17.6. The van der Waals surface area contributed by atoms with Crippen LogP contribution in [0.25, 0.3) is 0 Å². The van der Waals surface area contributed by atoms with Crippen molar-refractivity contribution >= 4 is 11.8 Å². The molecule has 9 heteroatoms. The number of hydrogen-bond donors (Lipinski definition) is 0. The number of alkyl halides is 3. The van der Waals surface area contributed by atoms with Crippen LogP contribution in [0.1, 0.15) is 55.3 Å². The molecule has 1 aromatic carbocycles. The molecule has 0 atom stereocenters. The first kappa shape index (κ1) is 21.4. The molecule has 31 heavy (non-hydrogen) atoms. The Morgan fingerprint density at radius 2 is 1.84 bits per heavy atom. The van der Waals surface area contributed by atoms with Gasteiger partial charge in [-0.1, -0.05) is 12.1 Å². The molecule has 2 amide bonds. The summed E-state index contributed by atoms with van der Waals surface area (Å²) in [4.78, 5) is 33.9. The number of nitrogens with zero attached hydrogens (tertiary/aromatic N) is 3. The van der Waals surface area contributed by atoms with Gasteiger partial charge in [0.25, 0.3) is 0 Å². The molecule has 1 aromatic heterocycles. The summed E-state index contributed by atoms with van der Waals surface area (Å²) >= 11 is 0. The van der Waals surface area contributed by atoms with Crippen molar-refractivity contribution in [1.29, 1.82) is 0 Å². The molecule has 1 aliphatic heterocycles. The van der Waals surface area contributed by atoms with E-state index in [2.05, 4.69) is 4.98 Å². The molecule has 1 saturated carbocycles. The third-order valence-corrected chi connectivity index (χ3v) is 6.18. The first-order valence-corrected chi connectivity index (χ1v) is 10.2. The van der Waals surface area contributed by atoms with Crippen molar-refractivity contribution in [3.8, 4) is 0 Å². The highest BCUT2D eigenvalue weighted by Gasteiger charge is 2.61. The Morgan fingerprint density at radius 3 is 2.35 bits per heavy atom. The lowest BCUT2D eigenvalue weighted by atomic mass is 9.65. The fraction of sp³-hybridized carbons (Fsp3) is 0.500. The van der Waals surface area contributed by atoms with Crippen molar-refractivity contribution in [1.82, 2.24) is 14.8 Å². The van der Waals surface area contributed by atoms with Gasteiger partial charge in [0.15, 0.2) is 5.89 Å². The maximum atomic E-state index is 13.4. The van der Waals surface area contributed by atoms with Gasteiger partial charge in [0, 0.05) is 18.5 Å². The molecule has 0 radical (unpaired) electrons. The fourth-order valence-corrected chi connectivity index (χ4v) is 4.45. The lowest BCUT2D eigenvalue weighted by Gasteiger charge is -2.57. The summed E-state index contributed by atoms with van der Waals surface area (Å²) in [5.74, 6) is 0.107. The average molecular weight is 435 g/mol. The number of piperazine rings is 1. The van der Waals surface area contributed by atoms with Gasteiger partial charge in [-0.3, -0.25) is 9.59 Å². The third-order valence-electron chi connectivity index (χ3n) is 6.18. The Hall–Kier alpha value is -2.84. The smallest absolute Gasteiger partial charge is 0.416 e. The number of halogens is 3. The highest BCUT2D eigenvalue weighted by atomic mass is 19.4. The van der Waals surface area contributed by atoms with E-state index in [1.165, 1.54) is 17.0 Å². The molecule has 0 N–H and O–H groups in total. The maximum absolute atomic E-state index is 13.4. The number of oxazole rings is 1. The summed E-state index contributed by atoms with van der Waals surface area (Å²) in [6, 6.07) is 4.58. The normalized spacial score (nSPS) is 24.3. The standard InChI is InChI=1S/C22H24F3N3O3/c1-13(2)27-11-18(29)28(10-15-4-6-17(7-5-15)22(23,24)25)21(20(27)30)8-16(9-21)19-26-14(3)12-31-19/h4-7,12-13,16H,8-11H2,1-3H3/t16-,21+. The number of hydrogen-bond acceptors (Lipinski definition) is 4. The third kappa shape index (κ3) is 3.70. The maximum Gasteiger partial charge on any atom is 0.416 e. The predicted octanol–water partition coefficient (Wildman–Crippen LogP) is 3.90. The zero-order valence-corrected chi connectivity index (χ0v) is 17.6. The Kier molecular flexibility index (Phi) is 5.10. The molecular weight excluding hydrogens is 411 g/mol. The number of aryl methyl sites for hydroxylation is 1. The van der Waals surface area contributed by atoms with E-state index in [0.29, 0.717) is 24.3 Å². The van der Waals surface area contributed by atoms with Crippen LogP contribution >= 0.6 is 0 Å². The minimum atomic E-state index is -4.43. The van der Waals surface area contributed by atoms with Crippen molar-refractivity contribution in [2.45, 2.75) is 63.8 Å². The molecule has 2 fully saturated rings. The molecule has 2 aliphatic rings. The second kappa shape index (κ2) is 7.39. The fourth-order valence-electron chi connectivity index (χ4n) is 4.45. The number of aromatic nitrogens is 1. The molecule has 166 valence electrons. The minimum Gasteiger partial charge on any atom is -0.448 e. The van der Waals surface area contributed by atoms with Crippen molar-refractivity contribution in [2.24, 2.45) is 0 Å². The molecule has 6 nitrogen and oxygen atoms in total. The van der Waals surface area contributed by atoms with Crippen LogP contribution in [0.3, 0.4) is 0 Å². The number of carbonyl (C=O) groups excluding carboxylic acids is 2. The summed E-state index contributed by atoms with van der Waals surface area (Å²) in [5.41, 5.74) is -0.495. The Labute approximate surface area is 178 Å². The van der Waals surface area contributed by atoms with Gasteiger partial charge in [0.05, 0.1) is 11.3 Å². The molecule has 0 bridgehead atoms. The highest BCUT2D eigenvalue weighted by Crippen LogP contribution is 2.51. The second-order valence-corrected chi connectivity index (χ2v) is 8.67. The van der Waals surface area contributed by atoms with Gasteiger partial charge < -0.3 is 14.2 Å². The zero-order chi connectivity index (χ0) is 22.6. The van der Waals surface area contributed by atoms with Crippen LogP contribution in [0.5, 0.6) is 0 Å². The molecule has 0 unspecified atom stereocenters. The molecule has 2 aromatic rings. The summed E-state index contributed by atoms with van der Waals surface area (Å²) in [7, 11) is 0. The van der Waals surface area contributed by atoms with Gasteiger partial charge in [0.2, 0.25) is 11.8 Å². The Balaban J connectivity index is 1.61. The van der Waals surface area contributed by atoms with Crippen LogP contribution in [-0.4, -0.2) is 44.7 Å². The first-order valence-electron chi connectivity index (χ1n) is 10.2. The van der Waals surface area contributed by atoms with Gasteiger partial charge in [-0.05, 0) is 51.3 Å². The van der Waals surface area contributed by atoms with Crippen LogP contribution in [-0.2, 0) is 22.3 Å². The van der Waals surface area contributed by atoms with Gasteiger partial charge in [-0.2, -0.15) is 13.2 Å². The summed E-state index contributed by atoms with van der Waals surface area (Å²) in [5, 5.41) is 0. The van der Waals surface area contributed by atoms with Crippen LogP contribution in [0, 0.1) is 6.92 Å². The van der Waals surface area contributed by atoms with Crippen LogP contribution in [0.15, 0.2) is 34.9 Å². The first-order chi connectivity index (χ1) is 14.5. The molecule has 1 spiro atoms. The quantitative estimate of drug-likeness (QED) is 0.731. The molecule has 4 rings (SSSR count). The van der Waals surface area contributed by atoms with Crippen molar-refractivity contribution in [3.63, 3.8) is 0 Å². The summed E-state index contributed by atoms with van der Waals surface area (Å²) in [6.45, 7) is 5.57. The average Bonchev–Trinajstić information content (AvgIpc) is 3.08. The molecule has 2 heterocycles. The topological polar surface area (TPSA) is 66.7 Å². The van der Waals surface area contributed by atoms with Gasteiger partial charge in [-0.25, -0.2) is 4.98 Å². The van der Waals surface area contributed by atoms with E-state index in [9.17, 15) is 22.8 Å². The SMILES string of the molecule is Cc1coc([C@H]2C[C@@]3(C2)C(=O)N(C(C)C)CC(=O)N3Cc2ccc(C(F)(F)F)cc2)n1. The van der Waals surface area contributed by atoms with Gasteiger partial charge in [0.1, 0.15) is 18.3 Å². The highest BCUT2D eigenvalue weighted by molar-refractivity contribution is 5.99. The van der Waals surface area contributed by atoms with Gasteiger partial charge >= 0.3 is 6.18 Å². The summed E-state index contributed by atoms with van der Waals surface area (Å²) in [6.07, 6.45) is -2.12. The van der Waals surface area contributed by atoms with E-state index in [1.54, 1.807) is 11.2 Å². The molecule has 1 aliphatic carbocycles. The molecule has 1 saturated heterocycles. The lowest BCUT2D eigenvalue weighted by Crippen LogP contribution is -2.72. The van der Waals surface area contributed by atoms with Crippen LogP contribution in [0.4, 0.5) is 13.2 Å². The second-order valence-electron chi connectivity index (χ2n) is 8.67. The number of amides is 2. The van der Waals surface area contributed by atoms with Gasteiger partial charge in [-0.15, -0.1) is 0 Å². The van der Waals surface area contributed by atoms with E-state index in [0.717, 1.165) is 17.8 Å². The van der Waals surface area contributed by atoms with E-state index in [-0.39, 0.29) is 36.9 Å². The number of rotatable bonds is 4. The van der Waals surface area contributed by atoms with Crippen molar-refractivity contribution in [2.75, 3.05) is 6.54 Å². The van der Waals surface area contributed by atoms with Crippen LogP contribution in [0.2, 0.25) is 0 Å². The Morgan fingerprint density at radius 1 is 1.19 bits per heavy atom. The number of carbonyl (C=O) groups is 2. The van der Waals surface area contributed by atoms with Crippen molar-refractivity contribution in [3.05, 3.63) is 53.2 Å². The summed E-state index contributed by atoms with van der Waals surface area (Å²) < 4.78 is 44.1. The Bertz CT molecular complexity index is 991. The predicted molar refractivity (Wildman–Crippen MR) is 105 cm³/mol. The van der Waals surface area contributed by atoms with E-state index >= 15 is 0 Å². The number of benzene rings is 1. The van der Waals surface area contributed by atoms with E-state index < -0.39 is 17.3 Å². The van der Waals surface area contributed by atoms with E-state index in [1.807, 2.05) is 20.8 Å². The molecular formula is C22H24F3N3O3. The largest absolute Gasteiger partial charge is 0.448 e. The van der Waals surface area contributed by atoms with Crippen LogP contribution < -0.4 is 0 Å². The van der Waals surface area contributed by atoms with E-state index in [4.69, 9.17) is 4.42 Å². The monoisotopic (exact) mass is 435 g/mol. The van der Waals surface area contributed by atoms with Crippen molar-refractivity contribution < 1.29 is 27.2 Å². The lowest BCUT2D eigenvalue weighted by molar-refractivity contribution is -0.176.